The van der Waals surface area contributed by atoms with E-state index in [-0.39, 0.29) is 5.82 Å². The first-order valence-corrected chi connectivity index (χ1v) is 6.06. The fourth-order valence-corrected chi connectivity index (χ4v) is 2.45. The van der Waals surface area contributed by atoms with Crippen molar-refractivity contribution in [2.75, 3.05) is 7.11 Å². The molecule has 0 radical (unpaired) electrons. The van der Waals surface area contributed by atoms with Crippen molar-refractivity contribution >= 4 is 0 Å². The van der Waals surface area contributed by atoms with Gasteiger partial charge in [-0.2, -0.15) is 0 Å². The van der Waals surface area contributed by atoms with Crippen LogP contribution in [0.2, 0.25) is 0 Å². The highest BCUT2D eigenvalue weighted by Gasteiger charge is 2.43. The van der Waals surface area contributed by atoms with Gasteiger partial charge in [0, 0.05) is 13.5 Å². The molecule has 0 heterocycles. The van der Waals surface area contributed by atoms with Crippen molar-refractivity contribution in [3.63, 3.8) is 0 Å². The second kappa shape index (κ2) is 4.75. The number of rotatable bonds is 4. The van der Waals surface area contributed by atoms with Crippen LogP contribution in [0, 0.1) is 12.7 Å². The van der Waals surface area contributed by atoms with E-state index in [1.807, 2.05) is 6.92 Å². The zero-order valence-corrected chi connectivity index (χ0v) is 10.4. The van der Waals surface area contributed by atoms with Gasteiger partial charge in [-0.1, -0.05) is 6.07 Å². The van der Waals surface area contributed by atoms with Crippen molar-refractivity contribution in [2.24, 2.45) is 0 Å². The lowest BCUT2D eigenvalue weighted by molar-refractivity contribution is -0.148. The van der Waals surface area contributed by atoms with Crippen molar-refractivity contribution in [2.45, 2.75) is 44.3 Å². The Labute approximate surface area is 101 Å². The number of aliphatic hydroxyl groups is 1. The molecule has 1 fully saturated rings. The predicted molar refractivity (Wildman–Crippen MR) is 64.4 cm³/mol. The van der Waals surface area contributed by atoms with Crippen molar-refractivity contribution in [1.29, 1.82) is 0 Å². The van der Waals surface area contributed by atoms with Gasteiger partial charge in [0.2, 0.25) is 0 Å². The van der Waals surface area contributed by atoms with Crippen LogP contribution in [0.1, 0.15) is 30.4 Å². The summed E-state index contributed by atoms with van der Waals surface area (Å²) in [6.45, 7) is 1.93. The molecule has 1 N–H and O–H groups in total. The lowest BCUT2D eigenvalue weighted by Crippen LogP contribution is -2.50. The number of benzene rings is 1. The highest BCUT2D eigenvalue weighted by Crippen LogP contribution is 2.39. The monoisotopic (exact) mass is 238 g/mol. The van der Waals surface area contributed by atoms with E-state index < -0.39 is 11.7 Å². The molecule has 0 aliphatic heterocycles. The average Bonchev–Trinajstić information content (AvgIpc) is 2.23. The first kappa shape index (κ1) is 12.5. The highest BCUT2D eigenvalue weighted by molar-refractivity contribution is 5.27. The number of hydrogen-bond donors (Lipinski definition) is 1. The Balaban J connectivity index is 2.12. The second-order valence-electron chi connectivity index (χ2n) is 4.91. The molecule has 0 aromatic heterocycles. The molecule has 1 atom stereocenters. The summed E-state index contributed by atoms with van der Waals surface area (Å²) in [5.74, 6) is -0.252. The first-order valence-electron chi connectivity index (χ1n) is 6.06. The minimum absolute atomic E-state index is 0.252. The van der Waals surface area contributed by atoms with Crippen LogP contribution >= 0.6 is 0 Å². The second-order valence-corrected chi connectivity index (χ2v) is 4.91. The summed E-state index contributed by atoms with van der Waals surface area (Å²) in [6, 6.07) is 4.69. The van der Waals surface area contributed by atoms with Crippen molar-refractivity contribution in [1.82, 2.24) is 0 Å². The third-order valence-electron chi connectivity index (χ3n) is 3.94. The van der Waals surface area contributed by atoms with E-state index in [0.29, 0.717) is 6.42 Å². The van der Waals surface area contributed by atoms with E-state index in [2.05, 4.69) is 0 Å². The molecular formula is C14H19FO2. The molecule has 17 heavy (non-hydrogen) atoms. The van der Waals surface area contributed by atoms with E-state index >= 15 is 0 Å². The van der Waals surface area contributed by atoms with Gasteiger partial charge in [0.1, 0.15) is 5.82 Å². The maximum absolute atomic E-state index is 13.2. The van der Waals surface area contributed by atoms with Crippen LogP contribution in [-0.4, -0.2) is 23.9 Å². The molecule has 3 heteroatoms. The van der Waals surface area contributed by atoms with Gasteiger partial charge in [0.25, 0.3) is 0 Å². The lowest BCUT2D eigenvalue weighted by Gasteiger charge is -2.44. The standard InChI is InChI=1S/C14H19FO2/c1-10-4-5-12(15)8-11(10)9-13(16)14(17-2)6-3-7-14/h4-5,8,13,16H,3,6-7,9H2,1-2H3. The van der Waals surface area contributed by atoms with Crippen molar-refractivity contribution in [3.8, 4) is 0 Å². The summed E-state index contributed by atoms with van der Waals surface area (Å²) in [5, 5.41) is 10.2. The maximum Gasteiger partial charge on any atom is 0.123 e. The molecule has 1 aliphatic carbocycles. The summed E-state index contributed by atoms with van der Waals surface area (Å²) in [6.07, 6.45) is 2.77. The van der Waals surface area contributed by atoms with Crippen LogP contribution in [0.4, 0.5) is 4.39 Å². The zero-order valence-electron chi connectivity index (χ0n) is 10.4. The SMILES string of the molecule is COC1(C(O)Cc2cc(F)ccc2C)CCC1. The Bertz CT molecular complexity index is 394. The predicted octanol–water partition coefficient (Wildman–Crippen LogP) is 2.61. The number of methoxy groups -OCH3 is 1. The number of ether oxygens (including phenoxy) is 1. The summed E-state index contributed by atoms with van der Waals surface area (Å²) in [4.78, 5) is 0. The molecule has 1 aliphatic rings. The van der Waals surface area contributed by atoms with Gasteiger partial charge in [-0.25, -0.2) is 4.39 Å². The van der Waals surface area contributed by atoms with Crippen molar-refractivity contribution in [3.05, 3.63) is 35.1 Å². The summed E-state index contributed by atoms with van der Waals surface area (Å²) >= 11 is 0. The van der Waals surface area contributed by atoms with E-state index in [1.165, 1.54) is 12.1 Å². The Morgan fingerprint density at radius 1 is 1.47 bits per heavy atom. The zero-order chi connectivity index (χ0) is 12.5. The molecule has 1 unspecified atom stereocenters. The topological polar surface area (TPSA) is 29.5 Å². The summed E-state index contributed by atoms with van der Waals surface area (Å²) in [5.41, 5.74) is 1.47. The number of aliphatic hydroxyl groups excluding tert-OH is 1. The Morgan fingerprint density at radius 2 is 2.18 bits per heavy atom. The summed E-state index contributed by atoms with van der Waals surface area (Å²) < 4.78 is 18.6. The number of halogens is 1. The first-order chi connectivity index (χ1) is 8.07. The van der Waals surface area contributed by atoms with Gasteiger partial charge in [-0.15, -0.1) is 0 Å². The third-order valence-corrected chi connectivity index (χ3v) is 3.94. The summed E-state index contributed by atoms with van der Waals surface area (Å²) in [7, 11) is 1.64. The minimum atomic E-state index is -0.554. The van der Waals surface area contributed by atoms with E-state index in [0.717, 1.165) is 30.4 Å². The van der Waals surface area contributed by atoms with Crippen molar-refractivity contribution < 1.29 is 14.2 Å². The fraction of sp³-hybridized carbons (Fsp3) is 0.571. The smallest absolute Gasteiger partial charge is 0.123 e. The van der Waals surface area contributed by atoms with E-state index in [9.17, 15) is 9.50 Å². The molecule has 2 rings (SSSR count). The maximum atomic E-state index is 13.2. The fourth-order valence-electron chi connectivity index (χ4n) is 2.45. The van der Waals surface area contributed by atoms with Gasteiger partial charge in [0.05, 0.1) is 11.7 Å². The van der Waals surface area contributed by atoms with E-state index in [1.54, 1.807) is 13.2 Å². The van der Waals surface area contributed by atoms with Crippen LogP contribution < -0.4 is 0 Å². The average molecular weight is 238 g/mol. The number of aryl methyl sites for hydroxylation is 1. The lowest BCUT2D eigenvalue weighted by atomic mass is 9.74. The van der Waals surface area contributed by atoms with Gasteiger partial charge < -0.3 is 9.84 Å². The quantitative estimate of drug-likeness (QED) is 0.873. The van der Waals surface area contributed by atoms with Gasteiger partial charge in [-0.3, -0.25) is 0 Å². The molecule has 1 aromatic rings. The molecule has 1 aromatic carbocycles. The van der Waals surface area contributed by atoms with Gasteiger partial charge >= 0.3 is 0 Å². The normalized spacial score (nSPS) is 19.8. The highest BCUT2D eigenvalue weighted by atomic mass is 19.1. The molecule has 0 spiro atoms. The van der Waals surface area contributed by atoms with Crippen LogP contribution in [0.3, 0.4) is 0 Å². The molecule has 1 saturated carbocycles. The third kappa shape index (κ3) is 2.35. The van der Waals surface area contributed by atoms with Crippen LogP contribution in [0.25, 0.3) is 0 Å². The Morgan fingerprint density at radius 3 is 2.71 bits per heavy atom. The largest absolute Gasteiger partial charge is 0.390 e. The Kier molecular flexibility index (Phi) is 3.50. The van der Waals surface area contributed by atoms with E-state index in [4.69, 9.17) is 4.74 Å². The number of hydrogen-bond acceptors (Lipinski definition) is 2. The van der Waals surface area contributed by atoms with Gasteiger partial charge in [-0.05, 0) is 49.4 Å². The molecule has 0 saturated heterocycles. The molecular weight excluding hydrogens is 219 g/mol. The minimum Gasteiger partial charge on any atom is -0.390 e. The van der Waals surface area contributed by atoms with Gasteiger partial charge in [0.15, 0.2) is 0 Å². The molecule has 0 amide bonds. The van der Waals surface area contributed by atoms with Crippen LogP contribution in [0.15, 0.2) is 18.2 Å². The molecule has 0 bridgehead atoms. The van der Waals surface area contributed by atoms with Crippen LogP contribution in [-0.2, 0) is 11.2 Å². The Hall–Kier alpha value is -0.930. The molecule has 94 valence electrons. The van der Waals surface area contributed by atoms with Crippen LogP contribution in [0.5, 0.6) is 0 Å². The molecule has 2 nitrogen and oxygen atoms in total.